The van der Waals surface area contributed by atoms with Crippen LogP contribution in [0.4, 0.5) is 0 Å². The highest BCUT2D eigenvalue weighted by atomic mass is 32.2. The first-order valence-electron chi connectivity index (χ1n) is 6.76. The lowest BCUT2D eigenvalue weighted by Gasteiger charge is -2.35. The van der Waals surface area contributed by atoms with Crippen molar-refractivity contribution < 1.29 is 18.3 Å². The zero-order valence-electron chi connectivity index (χ0n) is 11.7. The second-order valence-electron chi connectivity index (χ2n) is 4.93. The van der Waals surface area contributed by atoms with Crippen LogP contribution in [0.2, 0.25) is 0 Å². The summed E-state index contributed by atoms with van der Waals surface area (Å²) in [4.78, 5) is 15.1. The number of sulfone groups is 1. The molecule has 1 saturated heterocycles. The molecule has 1 rings (SSSR count). The molecule has 7 heteroatoms. The summed E-state index contributed by atoms with van der Waals surface area (Å²) in [5, 5.41) is 8.89. The van der Waals surface area contributed by atoms with Gasteiger partial charge in [-0.2, -0.15) is 0 Å². The van der Waals surface area contributed by atoms with Crippen LogP contribution >= 0.6 is 0 Å². The lowest BCUT2D eigenvalue weighted by molar-refractivity contribution is -0.138. The third-order valence-corrected chi connectivity index (χ3v) is 5.36. The summed E-state index contributed by atoms with van der Waals surface area (Å²) in [7, 11) is -3.08. The van der Waals surface area contributed by atoms with Crippen molar-refractivity contribution >= 4 is 15.8 Å². The molecular formula is C12H24N2O4S. The predicted molar refractivity (Wildman–Crippen MR) is 74.1 cm³/mol. The van der Waals surface area contributed by atoms with E-state index in [0.29, 0.717) is 6.54 Å². The minimum absolute atomic E-state index is 0.0302. The minimum Gasteiger partial charge on any atom is -0.481 e. The fourth-order valence-electron chi connectivity index (χ4n) is 2.41. The molecule has 19 heavy (non-hydrogen) atoms. The van der Waals surface area contributed by atoms with E-state index >= 15 is 0 Å². The van der Waals surface area contributed by atoms with Gasteiger partial charge in [0.25, 0.3) is 0 Å². The smallest absolute Gasteiger partial charge is 0.304 e. The van der Waals surface area contributed by atoms with Crippen molar-refractivity contribution in [3.05, 3.63) is 0 Å². The van der Waals surface area contributed by atoms with Crippen LogP contribution in [-0.4, -0.2) is 79.6 Å². The first kappa shape index (κ1) is 16.4. The summed E-state index contributed by atoms with van der Waals surface area (Å²) in [6.07, 6.45) is -0.0997. The topological polar surface area (TPSA) is 77.9 Å². The van der Waals surface area contributed by atoms with Gasteiger partial charge in [0, 0.05) is 25.7 Å². The molecule has 1 atom stereocenters. The molecule has 1 N–H and O–H groups in total. The van der Waals surface area contributed by atoms with Gasteiger partial charge in [0.2, 0.25) is 0 Å². The molecular weight excluding hydrogens is 268 g/mol. The molecule has 1 heterocycles. The molecule has 1 fully saturated rings. The maximum Gasteiger partial charge on any atom is 0.304 e. The van der Waals surface area contributed by atoms with Gasteiger partial charge in [-0.3, -0.25) is 9.69 Å². The van der Waals surface area contributed by atoms with E-state index in [1.54, 1.807) is 0 Å². The number of rotatable bonds is 7. The number of carboxylic acids is 1. The molecule has 0 spiro atoms. The van der Waals surface area contributed by atoms with E-state index in [9.17, 15) is 13.2 Å². The highest BCUT2D eigenvalue weighted by molar-refractivity contribution is 7.91. The van der Waals surface area contributed by atoms with Crippen LogP contribution in [-0.2, 0) is 14.6 Å². The van der Waals surface area contributed by atoms with E-state index in [2.05, 4.69) is 18.7 Å². The predicted octanol–water partition coefficient (Wildman–Crippen LogP) is -0.0981. The molecule has 112 valence electrons. The van der Waals surface area contributed by atoms with Gasteiger partial charge in [-0.15, -0.1) is 0 Å². The largest absolute Gasteiger partial charge is 0.481 e. The maximum absolute atomic E-state index is 11.6. The van der Waals surface area contributed by atoms with Gasteiger partial charge in [-0.25, -0.2) is 8.42 Å². The Kier molecular flexibility index (Phi) is 6.22. The number of hydrogen-bond acceptors (Lipinski definition) is 5. The summed E-state index contributed by atoms with van der Waals surface area (Å²) in [6.45, 7) is 8.09. The van der Waals surface area contributed by atoms with Gasteiger partial charge in [-0.1, -0.05) is 13.8 Å². The highest BCUT2D eigenvalue weighted by Gasteiger charge is 2.32. The van der Waals surface area contributed by atoms with Gasteiger partial charge < -0.3 is 10.0 Å². The third kappa shape index (κ3) is 5.46. The van der Waals surface area contributed by atoms with Gasteiger partial charge >= 0.3 is 5.97 Å². The summed E-state index contributed by atoms with van der Waals surface area (Å²) in [5.74, 6) is -0.825. The van der Waals surface area contributed by atoms with Crippen LogP contribution in [0.1, 0.15) is 20.3 Å². The zero-order valence-corrected chi connectivity index (χ0v) is 12.5. The molecule has 0 bridgehead atoms. The standard InChI is InChI=1S/C12H24N2O4S/c1-3-13(4-2)5-6-14-7-8-19(17,18)10-11(14)9-12(15)16/h11H,3-10H2,1-2H3,(H,15,16). The molecule has 0 aromatic heterocycles. The lowest BCUT2D eigenvalue weighted by Crippen LogP contribution is -2.51. The zero-order chi connectivity index (χ0) is 14.5. The van der Waals surface area contributed by atoms with Crippen molar-refractivity contribution in [3.63, 3.8) is 0 Å². The minimum atomic E-state index is -3.08. The molecule has 6 nitrogen and oxygen atoms in total. The van der Waals surface area contributed by atoms with Crippen molar-refractivity contribution in [2.24, 2.45) is 0 Å². The quantitative estimate of drug-likeness (QED) is 0.706. The second kappa shape index (κ2) is 7.21. The average Bonchev–Trinajstić information content (AvgIpc) is 2.31. The molecule has 1 aliphatic heterocycles. The van der Waals surface area contributed by atoms with Crippen LogP contribution in [0.25, 0.3) is 0 Å². The molecule has 0 amide bonds. The fraction of sp³-hybridized carbons (Fsp3) is 0.917. The Balaban J connectivity index is 2.60. The van der Waals surface area contributed by atoms with Crippen molar-refractivity contribution in [2.75, 3.05) is 44.2 Å². The Morgan fingerprint density at radius 1 is 1.37 bits per heavy atom. The monoisotopic (exact) mass is 292 g/mol. The normalized spacial score (nSPS) is 23.6. The van der Waals surface area contributed by atoms with Gasteiger partial charge in [0.05, 0.1) is 17.9 Å². The molecule has 0 aromatic carbocycles. The highest BCUT2D eigenvalue weighted by Crippen LogP contribution is 2.14. The number of carbonyl (C=O) groups is 1. The van der Waals surface area contributed by atoms with E-state index in [4.69, 9.17) is 5.11 Å². The van der Waals surface area contributed by atoms with Gasteiger partial charge in [0.15, 0.2) is 9.84 Å². The van der Waals surface area contributed by atoms with Crippen molar-refractivity contribution in [3.8, 4) is 0 Å². The number of aliphatic carboxylic acids is 1. The van der Waals surface area contributed by atoms with Crippen molar-refractivity contribution in [1.82, 2.24) is 9.80 Å². The lowest BCUT2D eigenvalue weighted by atomic mass is 10.2. The summed E-state index contributed by atoms with van der Waals surface area (Å²) >= 11 is 0. The second-order valence-corrected chi connectivity index (χ2v) is 7.16. The summed E-state index contributed by atoms with van der Waals surface area (Å²) in [6, 6.07) is -0.383. The van der Waals surface area contributed by atoms with Gasteiger partial charge in [0.1, 0.15) is 0 Å². The summed E-state index contributed by atoms with van der Waals surface area (Å²) in [5.41, 5.74) is 0. The van der Waals surface area contributed by atoms with Crippen LogP contribution in [0.5, 0.6) is 0 Å². The summed E-state index contributed by atoms with van der Waals surface area (Å²) < 4.78 is 23.2. The SMILES string of the molecule is CCN(CC)CCN1CCS(=O)(=O)CC1CC(=O)O. The van der Waals surface area contributed by atoms with Crippen LogP contribution in [0.15, 0.2) is 0 Å². The Hall–Kier alpha value is -0.660. The van der Waals surface area contributed by atoms with E-state index < -0.39 is 15.8 Å². The van der Waals surface area contributed by atoms with E-state index in [1.165, 1.54) is 0 Å². The first-order valence-corrected chi connectivity index (χ1v) is 8.58. The molecule has 1 unspecified atom stereocenters. The Morgan fingerprint density at radius 2 is 2.00 bits per heavy atom. The van der Waals surface area contributed by atoms with Crippen LogP contribution in [0, 0.1) is 0 Å². The maximum atomic E-state index is 11.6. The van der Waals surface area contributed by atoms with Crippen LogP contribution in [0.3, 0.4) is 0 Å². The molecule has 0 aliphatic carbocycles. The molecule has 1 aliphatic rings. The first-order chi connectivity index (χ1) is 8.88. The Morgan fingerprint density at radius 3 is 2.53 bits per heavy atom. The number of nitrogens with zero attached hydrogens (tertiary/aromatic N) is 2. The third-order valence-electron chi connectivity index (χ3n) is 3.66. The number of hydrogen-bond donors (Lipinski definition) is 1. The van der Waals surface area contributed by atoms with E-state index in [1.807, 2.05) is 4.90 Å². The Labute approximate surface area is 115 Å². The fourth-order valence-corrected chi connectivity index (χ4v) is 4.01. The molecule has 0 aromatic rings. The molecule has 0 radical (unpaired) electrons. The number of likely N-dealkylation sites (N-methyl/N-ethyl adjacent to an activating group) is 1. The van der Waals surface area contributed by atoms with Gasteiger partial charge in [-0.05, 0) is 13.1 Å². The van der Waals surface area contributed by atoms with Crippen LogP contribution < -0.4 is 0 Å². The Bertz CT molecular complexity index is 393. The average molecular weight is 292 g/mol. The molecule has 0 saturated carbocycles. The number of carboxylic acid groups (broad SMARTS) is 1. The van der Waals surface area contributed by atoms with Crippen molar-refractivity contribution in [1.29, 1.82) is 0 Å². The van der Waals surface area contributed by atoms with E-state index in [0.717, 1.165) is 26.2 Å². The van der Waals surface area contributed by atoms with Crippen molar-refractivity contribution in [2.45, 2.75) is 26.3 Å². The van der Waals surface area contributed by atoms with E-state index in [-0.39, 0.29) is 24.0 Å².